The number of phenols is 1. The molecule has 0 aliphatic rings. The van der Waals surface area contributed by atoms with Gasteiger partial charge in [-0.05, 0) is 31.4 Å². The van der Waals surface area contributed by atoms with Gasteiger partial charge in [0.2, 0.25) is 0 Å². The van der Waals surface area contributed by atoms with Gasteiger partial charge >= 0.3 is 0 Å². The molecular weight excluding hydrogens is 290 g/mol. The molecule has 4 nitrogen and oxygen atoms in total. The van der Waals surface area contributed by atoms with Crippen molar-refractivity contribution in [2.75, 3.05) is 6.61 Å². The van der Waals surface area contributed by atoms with Crippen molar-refractivity contribution >= 4 is 5.71 Å². The molecule has 0 spiro atoms. The molecule has 2 N–H and O–H groups in total. The summed E-state index contributed by atoms with van der Waals surface area (Å²) in [4.78, 5) is 0. The Morgan fingerprint density at radius 1 is 1.00 bits per heavy atom. The number of phenolic OH excluding ortho intramolecular Hbond substituents is 1. The number of aromatic hydroxyl groups is 1. The standard InChI is InChI=1S/C19H31NO3/c1-3-5-7-9-11-18(20-22)17-13-12-16(15-19(17)21)23-14-10-8-6-4-2/h12-13,15,21-22H,3-11,14H2,1-2H3/b20-18+. The van der Waals surface area contributed by atoms with Crippen LogP contribution in [0.5, 0.6) is 11.5 Å². The smallest absolute Gasteiger partial charge is 0.128 e. The number of nitrogens with zero attached hydrogens (tertiary/aromatic N) is 1. The van der Waals surface area contributed by atoms with Crippen molar-refractivity contribution in [2.45, 2.75) is 71.6 Å². The molecular formula is C19H31NO3. The van der Waals surface area contributed by atoms with Gasteiger partial charge in [0, 0.05) is 11.6 Å². The first-order valence-electron chi connectivity index (χ1n) is 8.90. The summed E-state index contributed by atoms with van der Waals surface area (Å²) in [6.45, 7) is 5.00. The summed E-state index contributed by atoms with van der Waals surface area (Å²) < 4.78 is 5.65. The molecule has 130 valence electrons. The predicted octanol–water partition coefficient (Wildman–Crippen LogP) is 5.50. The first-order valence-corrected chi connectivity index (χ1v) is 8.90. The van der Waals surface area contributed by atoms with Gasteiger partial charge in [-0.1, -0.05) is 57.5 Å². The molecule has 0 aliphatic carbocycles. The number of hydrogen-bond donors (Lipinski definition) is 2. The van der Waals surface area contributed by atoms with E-state index in [9.17, 15) is 10.3 Å². The van der Waals surface area contributed by atoms with E-state index in [0.717, 1.165) is 19.3 Å². The molecule has 0 radical (unpaired) electrons. The molecule has 0 aromatic heterocycles. The van der Waals surface area contributed by atoms with E-state index in [0.29, 0.717) is 30.1 Å². The van der Waals surface area contributed by atoms with Crippen molar-refractivity contribution < 1.29 is 15.1 Å². The monoisotopic (exact) mass is 321 g/mol. The van der Waals surface area contributed by atoms with Crippen LogP contribution in [0.3, 0.4) is 0 Å². The molecule has 1 rings (SSSR count). The van der Waals surface area contributed by atoms with Gasteiger partial charge < -0.3 is 15.1 Å². The fourth-order valence-corrected chi connectivity index (χ4v) is 2.52. The highest BCUT2D eigenvalue weighted by Gasteiger charge is 2.11. The second-order valence-electron chi connectivity index (χ2n) is 5.95. The van der Waals surface area contributed by atoms with Crippen molar-refractivity contribution in [3.8, 4) is 11.5 Å². The summed E-state index contributed by atoms with van der Waals surface area (Å²) in [7, 11) is 0. The quantitative estimate of drug-likeness (QED) is 0.231. The number of rotatable bonds is 12. The van der Waals surface area contributed by atoms with Gasteiger partial charge in [-0.15, -0.1) is 0 Å². The molecule has 1 aromatic carbocycles. The maximum absolute atomic E-state index is 10.2. The first kappa shape index (κ1) is 19.3. The third-order valence-corrected chi connectivity index (χ3v) is 3.93. The van der Waals surface area contributed by atoms with Crippen LogP contribution in [0.15, 0.2) is 23.4 Å². The zero-order valence-electron chi connectivity index (χ0n) is 14.6. The molecule has 0 unspecified atom stereocenters. The van der Waals surface area contributed by atoms with Crippen LogP contribution in [0.1, 0.15) is 77.2 Å². The second-order valence-corrected chi connectivity index (χ2v) is 5.95. The first-order chi connectivity index (χ1) is 11.2. The number of ether oxygens (including phenoxy) is 1. The summed E-state index contributed by atoms with van der Waals surface area (Å²) in [6.07, 6.45) is 9.70. The zero-order chi connectivity index (χ0) is 16.9. The average Bonchev–Trinajstić information content (AvgIpc) is 2.56. The van der Waals surface area contributed by atoms with Crippen LogP contribution in [-0.2, 0) is 0 Å². The Morgan fingerprint density at radius 2 is 1.70 bits per heavy atom. The van der Waals surface area contributed by atoms with Crippen LogP contribution in [-0.4, -0.2) is 22.6 Å². The average molecular weight is 321 g/mol. The molecule has 0 atom stereocenters. The summed E-state index contributed by atoms with van der Waals surface area (Å²) in [5.41, 5.74) is 1.12. The SMILES string of the molecule is CCCCCCOc1ccc(/C(CCCCCC)=N/O)c(O)c1. The minimum atomic E-state index is 0.111. The summed E-state index contributed by atoms with van der Waals surface area (Å²) in [6, 6.07) is 5.20. The van der Waals surface area contributed by atoms with Crippen molar-refractivity contribution in [1.82, 2.24) is 0 Å². The minimum Gasteiger partial charge on any atom is -0.507 e. The molecule has 0 fully saturated rings. The molecule has 23 heavy (non-hydrogen) atoms. The van der Waals surface area contributed by atoms with Gasteiger partial charge in [0.15, 0.2) is 0 Å². The summed E-state index contributed by atoms with van der Waals surface area (Å²) in [5, 5.41) is 22.7. The largest absolute Gasteiger partial charge is 0.507 e. The van der Waals surface area contributed by atoms with Gasteiger partial charge in [0.25, 0.3) is 0 Å². The lowest BCUT2D eigenvalue weighted by molar-refractivity contribution is 0.303. The Labute approximate surface area is 140 Å². The van der Waals surface area contributed by atoms with Crippen LogP contribution in [0.25, 0.3) is 0 Å². The Bertz CT molecular complexity index is 472. The summed E-state index contributed by atoms with van der Waals surface area (Å²) in [5.74, 6) is 0.769. The van der Waals surface area contributed by atoms with E-state index >= 15 is 0 Å². The molecule has 0 aliphatic heterocycles. The minimum absolute atomic E-state index is 0.111. The van der Waals surface area contributed by atoms with E-state index in [1.54, 1.807) is 12.1 Å². The van der Waals surface area contributed by atoms with Crippen molar-refractivity contribution in [3.05, 3.63) is 23.8 Å². The Morgan fingerprint density at radius 3 is 2.30 bits per heavy atom. The van der Waals surface area contributed by atoms with Crippen LogP contribution >= 0.6 is 0 Å². The molecule has 0 saturated heterocycles. The topological polar surface area (TPSA) is 62.0 Å². The lowest BCUT2D eigenvalue weighted by Gasteiger charge is -2.10. The van der Waals surface area contributed by atoms with Crippen molar-refractivity contribution in [2.24, 2.45) is 5.16 Å². The van der Waals surface area contributed by atoms with E-state index in [2.05, 4.69) is 19.0 Å². The van der Waals surface area contributed by atoms with Gasteiger partial charge in [-0.3, -0.25) is 0 Å². The fourth-order valence-electron chi connectivity index (χ4n) is 2.52. The van der Waals surface area contributed by atoms with E-state index < -0.39 is 0 Å². The highest BCUT2D eigenvalue weighted by Crippen LogP contribution is 2.26. The summed E-state index contributed by atoms with van der Waals surface area (Å²) >= 11 is 0. The number of hydrogen-bond acceptors (Lipinski definition) is 4. The van der Waals surface area contributed by atoms with Crippen molar-refractivity contribution in [1.29, 1.82) is 0 Å². The molecule has 0 amide bonds. The molecule has 0 bridgehead atoms. The van der Waals surface area contributed by atoms with Crippen molar-refractivity contribution in [3.63, 3.8) is 0 Å². The van der Waals surface area contributed by atoms with Gasteiger partial charge in [-0.25, -0.2) is 0 Å². The Hall–Kier alpha value is -1.71. The van der Waals surface area contributed by atoms with E-state index in [-0.39, 0.29) is 5.75 Å². The van der Waals surface area contributed by atoms with Gasteiger partial charge in [-0.2, -0.15) is 0 Å². The second kappa shape index (κ2) is 11.8. The fraction of sp³-hybridized carbons (Fsp3) is 0.632. The van der Waals surface area contributed by atoms with Gasteiger partial charge in [0.1, 0.15) is 11.5 Å². The molecule has 0 saturated carbocycles. The highest BCUT2D eigenvalue weighted by molar-refractivity contribution is 6.02. The third kappa shape index (κ3) is 7.40. The van der Waals surface area contributed by atoms with E-state index in [1.807, 2.05) is 6.07 Å². The van der Waals surface area contributed by atoms with E-state index in [4.69, 9.17) is 4.74 Å². The predicted molar refractivity (Wildman–Crippen MR) is 94.8 cm³/mol. The number of unbranched alkanes of at least 4 members (excludes halogenated alkanes) is 6. The maximum Gasteiger partial charge on any atom is 0.128 e. The van der Waals surface area contributed by atoms with Crippen LogP contribution in [0.4, 0.5) is 0 Å². The van der Waals surface area contributed by atoms with Crippen LogP contribution in [0.2, 0.25) is 0 Å². The number of oxime groups is 1. The van der Waals surface area contributed by atoms with Crippen LogP contribution < -0.4 is 4.74 Å². The molecule has 4 heteroatoms. The third-order valence-electron chi connectivity index (χ3n) is 3.93. The van der Waals surface area contributed by atoms with Gasteiger partial charge in [0.05, 0.1) is 12.3 Å². The lowest BCUT2D eigenvalue weighted by atomic mass is 10.0. The zero-order valence-corrected chi connectivity index (χ0v) is 14.6. The van der Waals surface area contributed by atoms with E-state index in [1.165, 1.54) is 32.1 Å². The maximum atomic E-state index is 10.2. The number of benzene rings is 1. The van der Waals surface area contributed by atoms with Crippen LogP contribution in [0, 0.1) is 0 Å². The molecule has 0 heterocycles. The lowest BCUT2D eigenvalue weighted by Crippen LogP contribution is -2.03. The highest BCUT2D eigenvalue weighted by atomic mass is 16.5. The Balaban J connectivity index is 2.53. The molecule has 1 aromatic rings. The Kier molecular flexibility index (Phi) is 9.92. The normalized spacial score (nSPS) is 11.7.